The van der Waals surface area contributed by atoms with Crippen molar-refractivity contribution >= 4 is 11.3 Å². The number of aliphatic hydroxyl groups is 1. The fourth-order valence-corrected chi connectivity index (χ4v) is 3.69. The van der Waals surface area contributed by atoms with Gasteiger partial charge in [0, 0.05) is 31.2 Å². The van der Waals surface area contributed by atoms with Gasteiger partial charge in [-0.2, -0.15) is 11.3 Å². The first-order valence-corrected chi connectivity index (χ1v) is 7.87. The van der Waals surface area contributed by atoms with Crippen LogP contribution in [-0.4, -0.2) is 41.2 Å². The lowest BCUT2D eigenvalue weighted by Gasteiger charge is -2.20. The normalized spacial score (nSPS) is 30.8. The number of nitrogens with one attached hydrogen (secondary N) is 1. The molecule has 1 aliphatic heterocycles. The molecule has 18 heavy (non-hydrogen) atoms. The van der Waals surface area contributed by atoms with Gasteiger partial charge in [0.15, 0.2) is 0 Å². The van der Waals surface area contributed by atoms with Gasteiger partial charge in [0.25, 0.3) is 0 Å². The van der Waals surface area contributed by atoms with Crippen LogP contribution in [0.15, 0.2) is 16.8 Å². The van der Waals surface area contributed by atoms with Gasteiger partial charge in [-0.25, -0.2) is 0 Å². The van der Waals surface area contributed by atoms with E-state index in [-0.39, 0.29) is 6.10 Å². The van der Waals surface area contributed by atoms with Crippen LogP contribution >= 0.6 is 11.3 Å². The highest BCUT2D eigenvalue weighted by molar-refractivity contribution is 7.07. The van der Waals surface area contributed by atoms with E-state index >= 15 is 0 Å². The summed E-state index contributed by atoms with van der Waals surface area (Å²) in [6.07, 6.45) is 3.62. The predicted octanol–water partition coefficient (Wildman–Crippen LogP) is 2.00. The molecule has 2 fully saturated rings. The lowest BCUT2D eigenvalue weighted by atomic mass is 10.1. The number of hydrogen-bond donors (Lipinski definition) is 2. The monoisotopic (exact) mass is 266 g/mol. The Bertz CT molecular complexity index is 377. The van der Waals surface area contributed by atoms with Crippen LogP contribution in [0.2, 0.25) is 0 Å². The number of likely N-dealkylation sites (tertiary alicyclic amines) is 1. The van der Waals surface area contributed by atoms with Gasteiger partial charge in [-0.1, -0.05) is 0 Å². The Morgan fingerprint density at radius 1 is 1.56 bits per heavy atom. The lowest BCUT2D eigenvalue weighted by Crippen LogP contribution is -2.36. The first kappa shape index (κ1) is 12.6. The second-order valence-electron chi connectivity index (χ2n) is 5.69. The molecule has 2 aliphatic rings. The van der Waals surface area contributed by atoms with Crippen molar-refractivity contribution in [2.45, 2.75) is 50.4 Å². The molecule has 0 spiro atoms. The molecule has 1 aliphatic carbocycles. The summed E-state index contributed by atoms with van der Waals surface area (Å²) in [7, 11) is 0. The Labute approximate surface area is 113 Å². The van der Waals surface area contributed by atoms with Gasteiger partial charge in [-0.15, -0.1) is 0 Å². The third-order valence-corrected chi connectivity index (χ3v) is 4.87. The predicted molar refractivity (Wildman–Crippen MR) is 74.9 cm³/mol. The summed E-state index contributed by atoms with van der Waals surface area (Å²) in [6.45, 7) is 4.16. The maximum atomic E-state index is 10.1. The van der Waals surface area contributed by atoms with E-state index in [1.54, 1.807) is 11.3 Å². The van der Waals surface area contributed by atoms with Crippen molar-refractivity contribution in [2.24, 2.45) is 0 Å². The second kappa shape index (κ2) is 5.29. The van der Waals surface area contributed by atoms with E-state index in [0.717, 1.165) is 18.2 Å². The molecule has 2 N–H and O–H groups in total. The minimum atomic E-state index is -0.360. The van der Waals surface area contributed by atoms with Crippen LogP contribution in [0.3, 0.4) is 0 Å². The van der Waals surface area contributed by atoms with Gasteiger partial charge < -0.3 is 10.4 Å². The highest BCUT2D eigenvalue weighted by Crippen LogP contribution is 2.33. The molecular weight excluding hydrogens is 244 g/mol. The molecule has 3 rings (SSSR count). The SMILES string of the molecule is CC1CC(NCC(O)c2ccsc2)CN1C1CC1. The summed E-state index contributed by atoms with van der Waals surface area (Å²) >= 11 is 1.64. The van der Waals surface area contributed by atoms with Crippen LogP contribution in [0, 0.1) is 0 Å². The van der Waals surface area contributed by atoms with Gasteiger partial charge >= 0.3 is 0 Å². The lowest BCUT2D eigenvalue weighted by molar-refractivity contribution is 0.170. The molecule has 3 unspecified atom stereocenters. The fourth-order valence-electron chi connectivity index (χ4n) is 2.98. The Morgan fingerprint density at radius 3 is 3.06 bits per heavy atom. The van der Waals surface area contributed by atoms with Crippen LogP contribution in [0.4, 0.5) is 0 Å². The van der Waals surface area contributed by atoms with Crippen molar-refractivity contribution in [3.8, 4) is 0 Å². The van der Waals surface area contributed by atoms with E-state index in [4.69, 9.17) is 0 Å². The summed E-state index contributed by atoms with van der Waals surface area (Å²) in [5, 5.41) is 17.6. The summed E-state index contributed by atoms with van der Waals surface area (Å²) in [5.41, 5.74) is 1.04. The minimum absolute atomic E-state index is 0.360. The molecule has 2 heterocycles. The van der Waals surface area contributed by atoms with E-state index in [9.17, 15) is 5.11 Å². The first-order chi connectivity index (χ1) is 8.74. The Kier molecular flexibility index (Phi) is 3.71. The number of hydrogen-bond acceptors (Lipinski definition) is 4. The van der Waals surface area contributed by atoms with Crippen LogP contribution in [0.1, 0.15) is 37.9 Å². The fraction of sp³-hybridized carbons (Fsp3) is 0.714. The van der Waals surface area contributed by atoms with E-state index in [2.05, 4.69) is 17.1 Å². The number of thiophene rings is 1. The standard InChI is InChI=1S/C14H22N2OS/c1-10-6-12(8-16(10)13-2-3-13)15-7-14(17)11-4-5-18-9-11/h4-5,9-10,12-15,17H,2-3,6-8H2,1H3. The average molecular weight is 266 g/mol. The largest absolute Gasteiger partial charge is 0.387 e. The molecule has 1 aromatic rings. The van der Waals surface area contributed by atoms with Crippen molar-refractivity contribution in [1.82, 2.24) is 10.2 Å². The zero-order valence-electron chi connectivity index (χ0n) is 10.9. The molecule has 3 nitrogen and oxygen atoms in total. The zero-order valence-corrected chi connectivity index (χ0v) is 11.7. The molecule has 0 amide bonds. The topological polar surface area (TPSA) is 35.5 Å². The van der Waals surface area contributed by atoms with Crippen molar-refractivity contribution in [3.63, 3.8) is 0 Å². The van der Waals surface area contributed by atoms with Crippen LogP contribution in [-0.2, 0) is 0 Å². The van der Waals surface area contributed by atoms with E-state index < -0.39 is 0 Å². The van der Waals surface area contributed by atoms with Gasteiger partial charge in [-0.05, 0) is 48.6 Å². The molecule has 1 saturated heterocycles. The number of rotatable bonds is 5. The van der Waals surface area contributed by atoms with Crippen molar-refractivity contribution < 1.29 is 5.11 Å². The minimum Gasteiger partial charge on any atom is -0.387 e. The molecular formula is C14H22N2OS. The third kappa shape index (κ3) is 2.77. The molecule has 0 radical (unpaired) electrons. The molecule has 100 valence electrons. The summed E-state index contributed by atoms with van der Waals surface area (Å²) in [4.78, 5) is 2.63. The molecule has 0 bridgehead atoms. The smallest absolute Gasteiger partial charge is 0.0922 e. The number of nitrogens with zero attached hydrogens (tertiary/aromatic N) is 1. The molecule has 1 saturated carbocycles. The van der Waals surface area contributed by atoms with Crippen LogP contribution in [0.25, 0.3) is 0 Å². The summed E-state index contributed by atoms with van der Waals surface area (Å²) in [6, 6.07) is 4.11. The number of aliphatic hydroxyl groups excluding tert-OH is 1. The summed E-state index contributed by atoms with van der Waals surface area (Å²) in [5.74, 6) is 0. The van der Waals surface area contributed by atoms with Crippen molar-refractivity contribution in [2.75, 3.05) is 13.1 Å². The van der Waals surface area contributed by atoms with Crippen molar-refractivity contribution in [3.05, 3.63) is 22.4 Å². The molecule has 3 atom stereocenters. The maximum Gasteiger partial charge on any atom is 0.0922 e. The van der Waals surface area contributed by atoms with E-state index in [1.165, 1.54) is 19.3 Å². The van der Waals surface area contributed by atoms with E-state index in [0.29, 0.717) is 18.6 Å². The highest BCUT2D eigenvalue weighted by atomic mass is 32.1. The average Bonchev–Trinajstić information content (AvgIpc) is 2.91. The van der Waals surface area contributed by atoms with Crippen LogP contribution in [0.5, 0.6) is 0 Å². The molecule has 4 heteroatoms. The van der Waals surface area contributed by atoms with Gasteiger partial charge in [-0.3, -0.25) is 4.90 Å². The van der Waals surface area contributed by atoms with Gasteiger partial charge in [0.05, 0.1) is 6.10 Å². The Morgan fingerprint density at radius 2 is 2.39 bits per heavy atom. The van der Waals surface area contributed by atoms with Crippen molar-refractivity contribution in [1.29, 1.82) is 0 Å². The molecule has 0 aromatic carbocycles. The second-order valence-corrected chi connectivity index (χ2v) is 6.47. The van der Waals surface area contributed by atoms with Gasteiger partial charge in [0.2, 0.25) is 0 Å². The maximum absolute atomic E-state index is 10.1. The summed E-state index contributed by atoms with van der Waals surface area (Å²) < 4.78 is 0. The van der Waals surface area contributed by atoms with Crippen LogP contribution < -0.4 is 5.32 Å². The first-order valence-electron chi connectivity index (χ1n) is 6.93. The Balaban J connectivity index is 1.46. The van der Waals surface area contributed by atoms with Gasteiger partial charge in [0.1, 0.15) is 0 Å². The highest BCUT2D eigenvalue weighted by Gasteiger charge is 2.38. The van der Waals surface area contributed by atoms with E-state index in [1.807, 2.05) is 16.8 Å². The molecule has 1 aromatic heterocycles. The Hall–Kier alpha value is -0.420. The third-order valence-electron chi connectivity index (χ3n) is 4.17. The quantitative estimate of drug-likeness (QED) is 0.855. The zero-order chi connectivity index (χ0) is 12.5.